The number of aryl methyl sites for hydroxylation is 2. The molecule has 2 atom stereocenters. The summed E-state index contributed by atoms with van der Waals surface area (Å²) < 4.78 is 1.80. The van der Waals surface area contributed by atoms with E-state index in [-0.39, 0.29) is 5.92 Å². The summed E-state index contributed by atoms with van der Waals surface area (Å²) in [7, 11) is 1.89. The molecule has 1 aromatic rings. The SMILES string of the molecule is CCC1CNCCC1(O)Cc1c(Cl)c(C)nn1C. The molecule has 2 rings (SSSR count). The Bertz CT molecular complexity index is 432. The zero-order chi connectivity index (χ0) is 13.3. The lowest BCUT2D eigenvalue weighted by Gasteiger charge is -2.40. The van der Waals surface area contributed by atoms with Crippen LogP contribution in [0, 0.1) is 12.8 Å². The van der Waals surface area contributed by atoms with Crippen molar-refractivity contribution in [1.82, 2.24) is 15.1 Å². The highest BCUT2D eigenvalue weighted by Gasteiger charge is 2.39. The zero-order valence-corrected chi connectivity index (χ0v) is 12.1. The molecular weight excluding hydrogens is 250 g/mol. The van der Waals surface area contributed by atoms with E-state index in [0.717, 1.165) is 37.3 Å². The molecule has 1 fully saturated rings. The monoisotopic (exact) mass is 271 g/mol. The van der Waals surface area contributed by atoms with Gasteiger partial charge < -0.3 is 10.4 Å². The van der Waals surface area contributed by atoms with E-state index < -0.39 is 5.60 Å². The lowest BCUT2D eigenvalue weighted by Crippen LogP contribution is -2.51. The Morgan fingerprint density at radius 1 is 1.61 bits per heavy atom. The molecule has 4 nitrogen and oxygen atoms in total. The largest absolute Gasteiger partial charge is 0.389 e. The van der Waals surface area contributed by atoms with Crippen molar-refractivity contribution in [3.8, 4) is 0 Å². The van der Waals surface area contributed by atoms with Gasteiger partial charge in [0, 0.05) is 25.9 Å². The highest BCUT2D eigenvalue weighted by Crippen LogP contribution is 2.33. The third kappa shape index (κ3) is 2.42. The standard InChI is InChI=1S/C13H22ClN3O/c1-4-10-8-15-6-5-13(10,18)7-11-12(14)9(2)16-17(11)3/h10,15,18H,4-8H2,1-3H3. The lowest BCUT2D eigenvalue weighted by atomic mass is 9.77. The van der Waals surface area contributed by atoms with E-state index in [1.54, 1.807) is 4.68 Å². The molecule has 0 aliphatic carbocycles. The van der Waals surface area contributed by atoms with Crippen LogP contribution in [0.5, 0.6) is 0 Å². The minimum atomic E-state index is -0.663. The van der Waals surface area contributed by atoms with Crippen LogP contribution in [0.2, 0.25) is 5.02 Å². The van der Waals surface area contributed by atoms with Crippen molar-refractivity contribution >= 4 is 11.6 Å². The molecule has 18 heavy (non-hydrogen) atoms. The van der Waals surface area contributed by atoms with Gasteiger partial charge in [-0.1, -0.05) is 18.5 Å². The molecule has 1 aromatic heterocycles. The molecule has 102 valence electrons. The van der Waals surface area contributed by atoms with Crippen molar-refractivity contribution in [3.05, 3.63) is 16.4 Å². The fourth-order valence-corrected chi connectivity index (χ4v) is 3.12. The lowest BCUT2D eigenvalue weighted by molar-refractivity contribution is -0.0427. The highest BCUT2D eigenvalue weighted by atomic mass is 35.5. The van der Waals surface area contributed by atoms with Crippen molar-refractivity contribution in [1.29, 1.82) is 0 Å². The average Bonchev–Trinajstić information content (AvgIpc) is 2.56. The minimum absolute atomic E-state index is 0.275. The van der Waals surface area contributed by atoms with Gasteiger partial charge in [0.15, 0.2) is 0 Å². The number of hydrogen-bond acceptors (Lipinski definition) is 3. The van der Waals surface area contributed by atoms with E-state index in [1.165, 1.54) is 0 Å². The Balaban J connectivity index is 2.25. The normalized spacial score (nSPS) is 28.6. The molecular formula is C13H22ClN3O. The van der Waals surface area contributed by atoms with Gasteiger partial charge >= 0.3 is 0 Å². The van der Waals surface area contributed by atoms with E-state index in [2.05, 4.69) is 17.3 Å². The van der Waals surface area contributed by atoms with Crippen molar-refractivity contribution in [2.24, 2.45) is 13.0 Å². The first kappa shape index (κ1) is 13.8. The fraction of sp³-hybridized carbons (Fsp3) is 0.769. The van der Waals surface area contributed by atoms with E-state index >= 15 is 0 Å². The maximum Gasteiger partial charge on any atom is 0.0848 e. The predicted molar refractivity (Wildman–Crippen MR) is 72.9 cm³/mol. The quantitative estimate of drug-likeness (QED) is 0.879. The van der Waals surface area contributed by atoms with Crippen LogP contribution >= 0.6 is 11.6 Å². The molecule has 2 heterocycles. The molecule has 0 saturated carbocycles. The number of hydrogen-bond donors (Lipinski definition) is 2. The average molecular weight is 272 g/mol. The summed E-state index contributed by atoms with van der Waals surface area (Å²) in [5.74, 6) is 0.275. The predicted octanol–water partition coefficient (Wildman–Crippen LogP) is 1.68. The molecule has 2 N–H and O–H groups in total. The number of nitrogens with zero attached hydrogens (tertiary/aromatic N) is 2. The van der Waals surface area contributed by atoms with Gasteiger partial charge in [0.25, 0.3) is 0 Å². The number of rotatable bonds is 3. The minimum Gasteiger partial charge on any atom is -0.389 e. The van der Waals surface area contributed by atoms with Gasteiger partial charge in [-0.15, -0.1) is 0 Å². The molecule has 1 saturated heterocycles. The fourth-order valence-electron chi connectivity index (χ4n) is 2.89. The molecule has 5 heteroatoms. The summed E-state index contributed by atoms with van der Waals surface area (Å²) in [5.41, 5.74) is 1.11. The topological polar surface area (TPSA) is 50.1 Å². The number of halogens is 1. The zero-order valence-electron chi connectivity index (χ0n) is 11.3. The summed E-state index contributed by atoms with van der Waals surface area (Å²) in [6, 6.07) is 0. The van der Waals surface area contributed by atoms with Gasteiger partial charge in [-0.25, -0.2) is 0 Å². The maximum atomic E-state index is 10.9. The number of piperidine rings is 1. The third-order valence-corrected chi connectivity index (χ3v) is 4.61. The summed E-state index contributed by atoms with van der Waals surface area (Å²) in [4.78, 5) is 0. The second kappa shape index (κ2) is 5.19. The Kier molecular flexibility index (Phi) is 3.99. The second-order valence-corrected chi connectivity index (χ2v) is 5.69. The van der Waals surface area contributed by atoms with Crippen LogP contribution in [-0.2, 0) is 13.5 Å². The first-order valence-electron chi connectivity index (χ1n) is 6.59. The first-order chi connectivity index (χ1) is 8.48. The van der Waals surface area contributed by atoms with Gasteiger partial charge in [-0.05, 0) is 26.3 Å². The molecule has 2 unspecified atom stereocenters. The Morgan fingerprint density at radius 3 is 2.89 bits per heavy atom. The van der Waals surface area contributed by atoms with Gasteiger partial charge in [0.05, 0.1) is 22.0 Å². The van der Waals surface area contributed by atoms with Crippen molar-refractivity contribution < 1.29 is 5.11 Å². The van der Waals surface area contributed by atoms with Crippen LogP contribution in [0.1, 0.15) is 31.2 Å². The van der Waals surface area contributed by atoms with Gasteiger partial charge in [-0.2, -0.15) is 5.10 Å². The summed E-state index contributed by atoms with van der Waals surface area (Å²) in [6.45, 7) is 5.76. The van der Waals surface area contributed by atoms with Crippen molar-refractivity contribution in [3.63, 3.8) is 0 Å². The smallest absolute Gasteiger partial charge is 0.0848 e. The van der Waals surface area contributed by atoms with E-state index in [4.69, 9.17) is 11.6 Å². The highest BCUT2D eigenvalue weighted by molar-refractivity contribution is 6.31. The van der Waals surface area contributed by atoms with E-state index in [9.17, 15) is 5.11 Å². The summed E-state index contributed by atoms with van der Waals surface area (Å²) in [6.07, 6.45) is 2.33. The summed E-state index contributed by atoms with van der Waals surface area (Å²) in [5, 5.41) is 19.3. The van der Waals surface area contributed by atoms with Crippen LogP contribution in [-0.4, -0.2) is 33.6 Å². The van der Waals surface area contributed by atoms with Crippen LogP contribution in [0.4, 0.5) is 0 Å². The van der Waals surface area contributed by atoms with Crippen molar-refractivity contribution in [2.75, 3.05) is 13.1 Å². The van der Waals surface area contributed by atoms with Crippen LogP contribution in [0.25, 0.3) is 0 Å². The number of nitrogens with one attached hydrogen (secondary N) is 1. The Labute approximate surface area is 113 Å². The number of aliphatic hydroxyl groups is 1. The van der Waals surface area contributed by atoms with Crippen LogP contribution < -0.4 is 5.32 Å². The van der Waals surface area contributed by atoms with E-state index in [0.29, 0.717) is 11.4 Å². The van der Waals surface area contributed by atoms with E-state index in [1.807, 2.05) is 14.0 Å². The molecule has 0 amide bonds. The Hall–Kier alpha value is -0.580. The van der Waals surface area contributed by atoms with Gasteiger partial charge in [0.2, 0.25) is 0 Å². The molecule has 1 aliphatic rings. The molecule has 1 aliphatic heterocycles. The van der Waals surface area contributed by atoms with Gasteiger partial charge in [0.1, 0.15) is 0 Å². The van der Waals surface area contributed by atoms with Crippen molar-refractivity contribution in [2.45, 2.75) is 38.7 Å². The van der Waals surface area contributed by atoms with Crippen LogP contribution in [0.3, 0.4) is 0 Å². The summed E-state index contributed by atoms with van der Waals surface area (Å²) >= 11 is 6.28. The first-order valence-corrected chi connectivity index (χ1v) is 6.97. The molecule has 0 spiro atoms. The number of aromatic nitrogens is 2. The molecule has 0 aromatic carbocycles. The molecule has 0 radical (unpaired) electrons. The van der Waals surface area contributed by atoms with Crippen LogP contribution in [0.15, 0.2) is 0 Å². The van der Waals surface area contributed by atoms with Gasteiger partial charge in [-0.3, -0.25) is 4.68 Å². The molecule has 0 bridgehead atoms. The second-order valence-electron chi connectivity index (χ2n) is 5.31. The Morgan fingerprint density at radius 2 is 2.33 bits per heavy atom. The third-order valence-electron chi connectivity index (χ3n) is 4.11. The maximum absolute atomic E-state index is 10.9.